The number of carbonyl (C=O) groups is 2. The fraction of sp³-hybridized carbons (Fsp3) is 0.556. The molecule has 1 aliphatic rings. The molecule has 1 aromatic carbocycles. The van der Waals surface area contributed by atoms with Crippen LogP contribution in [0.5, 0.6) is 0 Å². The summed E-state index contributed by atoms with van der Waals surface area (Å²) in [5.74, 6) is 0.317. The predicted octanol–water partition coefficient (Wildman–Crippen LogP) is 3.55. The predicted molar refractivity (Wildman–Crippen MR) is 94.3 cm³/mol. The van der Waals surface area contributed by atoms with E-state index >= 15 is 0 Å². The smallest absolute Gasteiger partial charge is 0.410 e. The van der Waals surface area contributed by atoms with E-state index in [1.54, 1.807) is 11.9 Å². The molecule has 1 fully saturated rings. The van der Waals surface area contributed by atoms with Gasteiger partial charge >= 0.3 is 12.1 Å². The van der Waals surface area contributed by atoms with E-state index in [4.69, 9.17) is 4.74 Å². The molecule has 1 aromatic rings. The van der Waals surface area contributed by atoms with Crippen molar-refractivity contribution < 1.29 is 14.3 Å². The normalized spacial score (nSPS) is 15.8. The van der Waals surface area contributed by atoms with Gasteiger partial charge in [-0.1, -0.05) is 18.2 Å². The number of urea groups is 1. The largest absolute Gasteiger partial charge is 0.444 e. The standard InChI is InChI=1S/C18H27N3O3/c1-18(2,3)24-17(23)21-11-9-13(10-12-21)14-7-5-6-8-15(14)20-16(22)19-4/h5-8,13H,9-12H2,1-4H3,(H2,19,20,22). The van der Waals surface area contributed by atoms with Crippen molar-refractivity contribution in [1.29, 1.82) is 0 Å². The fourth-order valence-electron chi connectivity index (χ4n) is 2.85. The zero-order valence-corrected chi connectivity index (χ0v) is 14.9. The maximum absolute atomic E-state index is 12.1. The van der Waals surface area contributed by atoms with Crippen LogP contribution in [-0.2, 0) is 4.74 Å². The quantitative estimate of drug-likeness (QED) is 0.869. The molecule has 6 nitrogen and oxygen atoms in total. The van der Waals surface area contributed by atoms with E-state index < -0.39 is 5.60 Å². The summed E-state index contributed by atoms with van der Waals surface area (Å²) in [4.78, 5) is 25.5. The second kappa shape index (κ2) is 7.55. The van der Waals surface area contributed by atoms with E-state index in [1.165, 1.54) is 0 Å². The molecular weight excluding hydrogens is 306 g/mol. The number of nitrogens with one attached hydrogen (secondary N) is 2. The number of piperidine rings is 1. The Labute approximate surface area is 143 Å². The topological polar surface area (TPSA) is 70.7 Å². The number of anilines is 1. The summed E-state index contributed by atoms with van der Waals surface area (Å²) in [6.45, 7) is 6.94. The summed E-state index contributed by atoms with van der Waals surface area (Å²) < 4.78 is 5.43. The highest BCUT2D eigenvalue weighted by atomic mass is 16.6. The summed E-state index contributed by atoms with van der Waals surface area (Å²) >= 11 is 0. The highest BCUT2D eigenvalue weighted by Gasteiger charge is 2.28. The first-order valence-corrected chi connectivity index (χ1v) is 8.36. The molecule has 0 radical (unpaired) electrons. The van der Waals surface area contributed by atoms with Crippen LogP contribution < -0.4 is 10.6 Å². The molecule has 0 aliphatic carbocycles. The highest BCUT2D eigenvalue weighted by molar-refractivity contribution is 5.90. The molecule has 3 amide bonds. The number of amides is 3. The minimum atomic E-state index is -0.474. The molecule has 132 valence electrons. The molecular formula is C18H27N3O3. The van der Waals surface area contributed by atoms with Gasteiger partial charge in [0.05, 0.1) is 0 Å². The highest BCUT2D eigenvalue weighted by Crippen LogP contribution is 2.33. The van der Waals surface area contributed by atoms with Crippen molar-refractivity contribution in [3.8, 4) is 0 Å². The lowest BCUT2D eigenvalue weighted by atomic mass is 9.88. The minimum Gasteiger partial charge on any atom is -0.444 e. The lowest BCUT2D eigenvalue weighted by molar-refractivity contribution is 0.0205. The van der Waals surface area contributed by atoms with Crippen LogP contribution in [0.4, 0.5) is 15.3 Å². The Hall–Kier alpha value is -2.24. The number of nitrogens with zero attached hydrogens (tertiary/aromatic N) is 1. The molecule has 1 aliphatic heterocycles. The number of hydrogen-bond donors (Lipinski definition) is 2. The van der Waals surface area contributed by atoms with Crippen molar-refractivity contribution in [2.45, 2.75) is 45.1 Å². The third-order valence-corrected chi connectivity index (χ3v) is 4.02. The number of likely N-dealkylation sites (tertiary alicyclic amines) is 1. The number of carbonyl (C=O) groups excluding carboxylic acids is 2. The van der Waals surface area contributed by atoms with E-state index in [1.807, 2.05) is 45.0 Å². The van der Waals surface area contributed by atoms with Crippen molar-refractivity contribution in [3.63, 3.8) is 0 Å². The first-order valence-electron chi connectivity index (χ1n) is 8.36. The lowest BCUT2D eigenvalue weighted by Gasteiger charge is -2.34. The van der Waals surface area contributed by atoms with Gasteiger partial charge in [-0.3, -0.25) is 0 Å². The molecule has 24 heavy (non-hydrogen) atoms. The van der Waals surface area contributed by atoms with Crippen LogP contribution in [0.15, 0.2) is 24.3 Å². The summed E-state index contributed by atoms with van der Waals surface area (Å²) in [6.07, 6.45) is 1.45. The number of ether oxygens (including phenoxy) is 1. The molecule has 0 bridgehead atoms. The molecule has 1 heterocycles. The van der Waals surface area contributed by atoms with Gasteiger partial charge in [0.2, 0.25) is 0 Å². The maximum Gasteiger partial charge on any atom is 0.410 e. The van der Waals surface area contributed by atoms with Crippen LogP contribution in [0.1, 0.15) is 45.1 Å². The number of para-hydroxylation sites is 1. The molecule has 0 atom stereocenters. The third-order valence-electron chi connectivity index (χ3n) is 4.02. The van der Waals surface area contributed by atoms with Crippen molar-refractivity contribution in [1.82, 2.24) is 10.2 Å². The summed E-state index contributed by atoms with van der Waals surface area (Å²) in [5, 5.41) is 5.44. The van der Waals surface area contributed by atoms with E-state index in [0.717, 1.165) is 24.1 Å². The van der Waals surface area contributed by atoms with Gasteiger partial charge in [-0.25, -0.2) is 9.59 Å². The second-order valence-electron chi connectivity index (χ2n) is 7.03. The number of hydrogen-bond acceptors (Lipinski definition) is 3. The SMILES string of the molecule is CNC(=O)Nc1ccccc1C1CCN(C(=O)OC(C)(C)C)CC1. The second-order valence-corrected chi connectivity index (χ2v) is 7.03. The summed E-state index contributed by atoms with van der Waals surface area (Å²) in [7, 11) is 1.59. The molecule has 2 N–H and O–H groups in total. The molecule has 6 heteroatoms. The van der Waals surface area contributed by atoms with Gasteiger partial charge in [0.15, 0.2) is 0 Å². The Morgan fingerprint density at radius 3 is 2.38 bits per heavy atom. The van der Waals surface area contributed by atoms with Crippen molar-refractivity contribution in [2.75, 3.05) is 25.5 Å². The monoisotopic (exact) mass is 333 g/mol. The molecule has 0 saturated carbocycles. The van der Waals surface area contributed by atoms with Gasteiger partial charge in [-0.05, 0) is 51.2 Å². The van der Waals surface area contributed by atoms with Crippen LogP contribution >= 0.6 is 0 Å². The Bertz CT molecular complexity index is 587. The first kappa shape index (κ1) is 18.1. The van der Waals surface area contributed by atoms with Gasteiger partial charge in [-0.2, -0.15) is 0 Å². The maximum atomic E-state index is 12.1. The fourth-order valence-corrected chi connectivity index (χ4v) is 2.85. The van der Waals surface area contributed by atoms with E-state index in [2.05, 4.69) is 10.6 Å². The van der Waals surface area contributed by atoms with Crippen LogP contribution in [0.25, 0.3) is 0 Å². The molecule has 0 unspecified atom stereocenters. The average molecular weight is 333 g/mol. The van der Waals surface area contributed by atoms with Crippen LogP contribution in [0.3, 0.4) is 0 Å². The molecule has 1 saturated heterocycles. The van der Waals surface area contributed by atoms with Gasteiger partial charge in [0, 0.05) is 25.8 Å². The lowest BCUT2D eigenvalue weighted by Crippen LogP contribution is -2.41. The van der Waals surface area contributed by atoms with Crippen LogP contribution in [0.2, 0.25) is 0 Å². The molecule has 0 aromatic heterocycles. The zero-order valence-electron chi connectivity index (χ0n) is 14.9. The Morgan fingerprint density at radius 1 is 1.17 bits per heavy atom. The van der Waals surface area contributed by atoms with E-state index in [0.29, 0.717) is 19.0 Å². The Balaban J connectivity index is 2.00. The molecule has 2 rings (SSSR count). The van der Waals surface area contributed by atoms with Crippen molar-refractivity contribution in [3.05, 3.63) is 29.8 Å². The number of benzene rings is 1. The average Bonchev–Trinajstić information content (AvgIpc) is 2.54. The van der Waals surface area contributed by atoms with E-state index in [9.17, 15) is 9.59 Å². The van der Waals surface area contributed by atoms with Gasteiger partial charge < -0.3 is 20.3 Å². The van der Waals surface area contributed by atoms with Gasteiger partial charge in [-0.15, -0.1) is 0 Å². The molecule has 0 spiro atoms. The Morgan fingerprint density at radius 2 is 1.79 bits per heavy atom. The number of rotatable bonds is 2. The van der Waals surface area contributed by atoms with Crippen molar-refractivity contribution >= 4 is 17.8 Å². The van der Waals surface area contributed by atoms with Crippen molar-refractivity contribution in [2.24, 2.45) is 0 Å². The summed E-state index contributed by atoms with van der Waals surface area (Å²) in [5.41, 5.74) is 1.47. The third kappa shape index (κ3) is 4.88. The van der Waals surface area contributed by atoms with Gasteiger partial charge in [0.25, 0.3) is 0 Å². The summed E-state index contributed by atoms with van der Waals surface area (Å²) in [6, 6.07) is 7.60. The Kier molecular flexibility index (Phi) is 5.70. The van der Waals surface area contributed by atoms with E-state index in [-0.39, 0.29) is 12.1 Å². The van der Waals surface area contributed by atoms with Crippen LogP contribution in [-0.4, -0.2) is 42.8 Å². The van der Waals surface area contributed by atoms with Crippen LogP contribution in [0, 0.1) is 0 Å². The minimum absolute atomic E-state index is 0.228. The van der Waals surface area contributed by atoms with Gasteiger partial charge in [0.1, 0.15) is 5.60 Å². The zero-order chi connectivity index (χ0) is 17.7. The first-order chi connectivity index (χ1) is 11.3.